The smallest absolute Gasteiger partial charge is 0.125 e. The molecule has 0 saturated carbocycles. The Labute approximate surface area is 101 Å². The fourth-order valence-corrected chi connectivity index (χ4v) is 1.92. The van der Waals surface area contributed by atoms with Crippen LogP contribution in [0.4, 0.5) is 0 Å². The van der Waals surface area contributed by atoms with Crippen LogP contribution >= 0.6 is 11.6 Å². The van der Waals surface area contributed by atoms with Crippen molar-refractivity contribution in [2.45, 2.75) is 45.9 Å². The van der Waals surface area contributed by atoms with E-state index in [4.69, 9.17) is 16.3 Å². The molecule has 0 aliphatic carbocycles. The maximum Gasteiger partial charge on any atom is 0.125 e. The molecule has 1 heterocycles. The van der Waals surface area contributed by atoms with Gasteiger partial charge in [0.05, 0.1) is 22.5 Å². The average Bonchev–Trinajstić information content (AvgIpc) is 2.58. The van der Waals surface area contributed by atoms with Crippen molar-refractivity contribution in [2.75, 3.05) is 6.61 Å². The Morgan fingerprint density at radius 3 is 2.69 bits per heavy atom. The van der Waals surface area contributed by atoms with Crippen molar-refractivity contribution in [3.05, 3.63) is 16.9 Å². The van der Waals surface area contributed by atoms with Gasteiger partial charge in [0, 0.05) is 13.2 Å². The van der Waals surface area contributed by atoms with Crippen LogP contribution in [0.15, 0.2) is 6.20 Å². The molecular formula is C11H19ClN2O2. The van der Waals surface area contributed by atoms with E-state index in [9.17, 15) is 5.11 Å². The molecule has 0 radical (unpaired) electrons. The first kappa shape index (κ1) is 13.5. The Morgan fingerprint density at radius 2 is 2.19 bits per heavy atom. The van der Waals surface area contributed by atoms with Crippen molar-refractivity contribution >= 4 is 11.6 Å². The van der Waals surface area contributed by atoms with Crippen LogP contribution in [0.2, 0.25) is 5.02 Å². The highest BCUT2D eigenvalue weighted by Gasteiger charge is 2.33. The van der Waals surface area contributed by atoms with Gasteiger partial charge < -0.3 is 9.84 Å². The number of nitrogens with zero attached hydrogens (tertiary/aromatic N) is 2. The van der Waals surface area contributed by atoms with Gasteiger partial charge in [-0.2, -0.15) is 5.10 Å². The van der Waals surface area contributed by atoms with Gasteiger partial charge in [0.25, 0.3) is 0 Å². The molecule has 1 aromatic heterocycles. The number of aryl methyl sites for hydroxylation is 1. The summed E-state index contributed by atoms with van der Waals surface area (Å²) in [6.45, 7) is 8.73. The average molecular weight is 247 g/mol. The summed E-state index contributed by atoms with van der Waals surface area (Å²) in [5.41, 5.74) is -0.0617. The normalized spacial score (nSPS) is 14.1. The lowest BCUT2D eigenvalue weighted by molar-refractivity contribution is -0.101. The zero-order valence-electron chi connectivity index (χ0n) is 10.2. The van der Waals surface area contributed by atoms with Gasteiger partial charge in [-0.25, -0.2) is 0 Å². The van der Waals surface area contributed by atoms with E-state index in [1.54, 1.807) is 10.9 Å². The molecule has 0 bridgehead atoms. The first-order chi connectivity index (χ1) is 7.44. The molecule has 1 aromatic rings. The number of ether oxygens (including phenoxy) is 1. The molecule has 1 N–H and O–H groups in total. The zero-order chi connectivity index (χ0) is 12.3. The van der Waals surface area contributed by atoms with E-state index in [1.807, 2.05) is 27.7 Å². The fraction of sp³-hybridized carbons (Fsp3) is 0.727. The summed E-state index contributed by atoms with van der Waals surface area (Å²) in [5.74, 6) is 0. The Hall–Kier alpha value is -0.580. The highest BCUT2D eigenvalue weighted by atomic mass is 35.5. The minimum absolute atomic E-state index is 0.474. The van der Waals surface area contributed by atoms with Crippen molar-refractivity contribution in [1.29, 1.82) is 0 Å². The zero-order valence-corrected chi connectivity index (χ0v) is 11.0. The van der Waals surface area contributed by atoms with E-state index in [0.29, 0.717) is 23.9 Å². The SMILES string of the molecule is CCOC(C)(C)C(O)c1c(Cl)cnn1CC. The third-order valence-electron chi connectivity index (χ3n) is 2.57. The fourth-order valence-electron chi connectivity index (χ4n) is 1.68. The van der Waals surface area contributed by atoms with Crippen LogP contribution in [-0.2, 0) is 11.3 Å². The lowest BCUT2D eigenvalue weighted by Gasteiger charge is -2.30. The predicted octanol–water partition coefficient (Wildman–Crippen LogP) is 2.40. The molecule has 16 heavy (non-hydrogen) atoms. The number of hydrogen-bond donors (Lipinski definition) is 1. The Bertz CT molecular complexity index is 350. The number of hydrogen-bond acceptors (Lipinski definition) is 3. The standard InChI is InChI=1S/C11H19ClN2O2/c1-5-14-9(8(12)7-13-14)10(15)11(3,4)16-6-2/h7,10,15H,5-6H2,1-4H3. The van der Waals surface area contributed by atoms with Gasteiger partial charge in [-0.15, -0.1) is 0 Å². The van der Waals surface area contributed by atoms with Crippen LogP contribution in [-0.4, -0.2) is 27.1 Å². The number of aliphatic hydroxyl groups is 1. The van der Waals surface area contributed by atoms with Crippen LogP contribution in [0.3, 0.4) is 0 Å². The number of aromatic nitrogens is 2. The van der Waals surface area contributed by atoms with Gasteiger partial charge in [-0.1, -0.05) is 11.6 Å². The molecule has 0 amide bonds. The molecule has 1 rings (SSSR count). The minimum Gasteiger partial charge on any atom is -0.384 e. The molecule has 0 aromatic carbocycles. The molecule has 92 valence electrons. The number of halogens is 1. The lowest BCUT2D eigenvalue weighted by atomic mass is 9.98. The highest BCUT2D eigenvalue weighted by molar-refractivity contribution is 6.31. The van der Waals surface area contributed by atoms with Crippen LogP contribution < -0.4 is 0 Å². The van der Waals surface area contributed by atoms with E-state index in [0.717, 1.165) is 0 Å². The number of rotatable bonds is 5. The van der Waals surface area contributed by atoms with Crippen molar-refractivity contribution in [2.24, 2.45) is 0 Å². The van der Waals surface area contributed by atoms with Gasteiger partial charge >= 0.3 is 0 Å². The summed E-state index contributed by atoms with van der Waals surface area (Å²) in [6.07, 6.45) is 0.758. The van der Waals surface area contributed by atoms with Crippen molar-refractivity contribution in [1.82, 2.24) is 9.78 Å². The second-order valence-electron chi connectivity index (χ2n) is 4.13. The lowest BCUT2D eigenvalue weighted by Crippen LogP contribution is -2.34. The summed E-state index contributed by atoms with van der Waals surface area (Å²) in [4.78, 5) is 0. The van der Waals surface area contributed by atoms with Gasteiger partial charge in [0.1, 0.15) is 6.10 Å². The number of aliphatic hydroxyl groups excluding tert-OH is 1. The minimum atomic E-state index is -0.789. The third kappa shape index (κ3) is 2.56. The van der Waals surface area contributed by atoms with Crippen LogP contribution in [0.5, 0.6) is 0 Å². The van der Waals surface area contributed by atoms with Crippen LogP contribution in [0, 0.1) is 0 Å². The van der Waals surface area contributed by atoms with Crippen LogP contribution in [0.1, 0.15) is 39.5 Å². The summed E-state index contributed by atoms with van der Waals surface area (Å²) >= 11 is 6.03. The molecule has 0 fully saturated rings. The summed E-state index contributed by atoms with van der Waals surface area (Å²) in [5, 5.41) is 14.9. The van der Waals surface area contributed by atoms with E-state index >= 15 is 0 Å². The molecule has 4 nitrogen and oxygen atoms in total. The van der Waals surface area contributed by atoms with E-state index in [1.165, 1.54) is 0 Å². The van der Waals surface area contributed by atoms with E-state index in [2.05, 4.69) is 5.10 Å². The van der Waals surface area contributed by atoms with Gasteiger partial charge in [0.2, 0.25) is 0 Å². The largest absolute Gasteiger partial charge is 0.384 e. The maximum absolute atomic E-state index is 10.3. The van der Waals surface area contributed by atoms with Crippen molar-refractivity contribution in [3.63, 3.8) is 0 Å². The van der Waals surface area contributed by atoms with Crippen molar-refractivity contribution < 1.29 is 9.84 Å². The van der Waals surface area contributed by atoms with E-state index < -0.39 is 11.7 Å². The summed E-state index contributed by atoms with van der Waals surface area (Å²) in [7, 11) is 0. The molecule has 5 heteroatoms. The molecule has 0 spiro atoms. The first-order valence-corrected chi connectivity index (χ1v) is 5.85. The van der Waals surface area contributed by atoms with Gasteiger partial charge in [-0.3, -0.25) is 4.68 Å². The Kier molecular flexibility index (Phi) is 4.35. The quantitative estimate of drug-likeness (QED) is 0.868. The molecule has 0 saturated heterocycles. The Morgan fingerprint density at radius 1 is 1.56 bits per heavy atom. The van der Waals surface area contributed by atoms with Gasteiger partial charge in [-0.05, 0) is 27.7 Å². The summed E-state index contributed by atoms with van der Waals surface area (Å²) in [6, 6.07) is 0. The maximum atomic E-state index is 10.3. The monoisotopic (exact) mass is 246 g/mol. The second-order valence-corrected chi connectivity index (χ2v) is 4.54. The molecule has 0 aliphatic heterocycles. The predicted molar refractivity (Wildman–Crippen MR) is 63.6 cm³/mol. The third-order valence-corrected chi connectivity index (χ3v) is 2.86. The molecule has 1 atom stereocenters. The molecular weight excluding hydrogens is 228 g/mol. The first-order valence-electron chi connectivity index (χ1n) is 5.47. The molecule has 1 unspecified atom stereocenters. The van der Waals surface area contributed by atoms with Crippen molar-refractivity contribution in [3.8, 4) is 0 Å². The second kappa shape index (κ2) is 5.17. The topological polar surface area (TPSA) is 47.3 Å². The van der Waals surface area contributed by atoms with E-state index in [-0.39, 0.29) is 0 Å². The Balaban J connectivity index is 3.03. The van der Waals surface area contributed by atoms with Crippen LogP contribution in [0.25, 0.3) is 0 Å². The summed E-state index contributed by atoms with van der Waals surface area (Å²) < 4.78 is 7.21. The highest BCUT2D eigenvalue weighted by Crippen LogP contribution is 2.32. The van der Waals surface area contributed by atoms with Gasteiger partial charge in [0.15, 0.2) is 0 Å². The molecule has 0 aliphatic rings.